The fourth-order valence-corrected chi connectivity index (χ4v) is 3.59. The van der Waals surface area contributed by atoms with Crippen LogP contribution in [0.15, 0.2) is 54.6 Å². The summed E-state index contributed by atoms with van der Waals surface area (Å²) in [5, 5.41) is 0. The van der Waals surface area contributed by atoms with Crippen molar-refractivity contribution in [3.05, 3.63) is 71.4 Å². The first-order chi connectivity index (χ1) is 13.3. The van der Waals surface area contributed by atoms with Crippen LogP contribution in [-0.4, -0.2) is 15.3 Å². The topological polar surface area (TPSA) is 72.4 Å². The number of carbonyl (C=O) groups is 1. The molecule has 0 aliphatic rings. The molecule has 0 aliphatic heterocycles. The van der Waals surface area contributed by atoms with Crippen LogP contribution in [0.25, 0.3) is 27.8 Å². The Morgan fingerprint density at radius 3 is 2.32 bits per heavy atom. The summed E-state index contributed by atoms with van der Waals surface area (Å²) >= 11 is 0. The molecule has 0 bridgehead atoms. The number of hydrogen-bond donors (Lipinski definition) is 2. The van der Waals surface area contributed by atoms with E-state index in [1.807, 2.05) is 6.07 Å². The molecule has 0 fully saturated rings. The van der Waals surface area contributed by atoms with Crippen LogP contribution in [0.4, 0.5) is 0 Å². The lowest BCUT2D eigenvalue weighted by atomic mass is 9.86. The fourth-order valence-electron chi connectivity index (χ4n) is 3.59. The molecule has 0 spiro atoms. The second-order valence-electron chi connectivity index (χ2n) is 8.16. The number of carbonyl (C=O) groups excluding carboxylic acids is 1. The van der Waals surface area contributed by atoms with Crippen LogP contribution in [0, 0.1) is 6.92 Å². The van der Waals surface area contributed by atoms with Gasteiger partial charge in [0.05, 0.1) is 22.2 Å². The summed E-state index contributed by atoms with van der Waals surface area (Å²) in [4.78, 5) is 16.9. The van der Waals surface area contributed by atoms with E-state index in [1.165, 1.54) is 5.56 Å². The van der Waals surface area contributed by atoms with E-state index in [9.17, 15) is 4.79 Å². The molecule has 2 aromatic carbocycles. The summed E-state index contributed by atoms with van der Waals surface area (Å²) in [5.41, 5.74) is 9.86. The number of rotatable bonds is 2. The Balaban J connectivity index is 1.97. The molecule has 28 heavy (non-hydrogen) atoms. The van der Waals surface area contributed by atoms with Crippen LogP contribution in [0.1, 0.15) is 42.4 Å². The van der Waals surface area contributed by atoms with Gasteiger partial charge in [-0.25, -0.2) is 10.8 Å². The normalized spacial score (nSPS) is 11.9. The van der Waals surface area contributed by atoms with Gasteiger partial charge in [0.2, 0.25) is 0 Å². The zero-order chi connectivity index (χ0) is 20.1. The molecule has 3 N–H and O–H groups in total. The van der Waals surface area contributed by atoms with Gasteiger partial charge in [0.25, 0.3) is 5.91 Å². The van der Waals surface area contributed by atoms with Crippen molar-refractivity contribution in [1.29, 1.82) is 0 Å². The molecule has 0 atom stereocenters. The number of nitrogen functional groups attached to an aromatic ring is 1. The summed E-state index contributed by atoms with van der Waals surface area (Å²) in [5.74, 6) is 4.96. The van der Waals surface area contributed by atoms with Crippen molar-refractivity contribution in [3.63, 3.8) is 0 Å². The SMILES string of the molecule is Cc1ccc2c(-c3ccc(C(C)(C)C)cc3)nc3cc(C(=O)NN)ccc3n12. The first-order valence-corrected chi connectivity index (χ1v) is 9.33. The molecule has 4 aromatic rings. The second kappa shape index (κ2) is 6.46. The van der Waals surface area contributed by atoms with Crippen molar-refractivity contribution in [2.75, 3.05) is 0 Å². The van der Waals surface area contributed by atoms with Crippen LogP contribution >= 0.6 is 0 Å². The number of aryl methyl sites for hydroxylation is 1. The summed E-state index contributed by atoms with van der Waals surface area (Å²) in [6.07, 6.45) is 0. The van der Waals surface area contributed by atoms with E-state index in [1.54, 1.807) is 12.1 Å². The Labute approximate surface area is 164 Å². The molecule has 4 rings (SSSR count). The third-order valence-corrected chi connectivity index (χ3v) is 5.18. The predicted octanol–water partition coefficient (Wildman–Crippen LogP) is 4.36. The van der Waals surface area contributed by atoms with Crippen LogP contribution in [0.3, 0.4) is 0 Å². The Morgan fingerprint density at radius 2 is 1.68 bits per heavy atom. The minimum atomic E-state index is -0.330. The average molecular weight is 372 g/mol. The summed E-state index contributed by atoms with van der Waals surface area (Å²) < 4.78 is 2.18. The number of aromatic nitrogens is 2. The van der Waals surface area contributed by atoms with Gasteiger partial charge in [0, 0.05) is 16.8 Å². The smallest absolute Gasteiger partial charge is 0.265 e. The van der Waals surface area contributed by atoms with E-state index in [4.69, 9.17) is 10.8 Å². The summed E-state index contributed by atoms with van der Waals surface area (Å²) in [6.45, 7) is 8.68. The Hall–Kier alpha value is -3.18. The maximum atomic E-state index is 12.0. The maximum Gasteiger partial charge on any atom is 0.265 e. The number of hydrogen-bond acceptors (Lipinski definition) is 3. The minimum absolute atomic E-state index is 0.0980. The lowest BCUT2D eigenvalue weighted by Gasteiger charge is -2.19. The first kappa shape index (κ1) is 18.2. The van der Waals surface area contributed by atoms with Crippen LogP contribution < -0.4 is 11.3 Å². The monoisotopic (exact) mass is 372 g/mol. The number of fused-ring (bicyclic) bond motifs is 3. The zero-order valence-electron chi connectivity index (χ0n) is 16.6. The molecule has 0 aliphatic carbocycles. The van der Waals surface area contributed by atoms with Crippen molar-refractivity contribution in [1.82, 2.24) is 14.8 Å². The molecule has 142 valence electrons. The number of hydrazine groups is 1. The highest BCUT2D eigenvalue weighted by atomic mass is 16.2. The van der Waals surface area contributed by atoms with Gasteiger partial charge in [0.15, 0.2) is 0 Å². The molecule has 2 heterocycles. The molecular weight excluding hydrogens is 348 g/mol. The standard InChI is InChI=1S/C23H24N4O/c1-14-5-11-20-21(15-6-9-17(10-7-15)23(2,3)4)25-18-13-16(22(28)26-24)8-12-19(18)27(14)20/h5-13H,24H2,1-4H3,(H,26,28). The van der Waals surface area contributed by atoms with Gasteiger partial charge in [-0.2, -0.15) is 0 Å². The highest BCUT2D eigenvalue weighted by molar-refractivity contribution is 5.98. The summed E-state index contributed by atoms with van der Waals surface area (Å²) in [6, 6.07) is 18.2. The van der Waals surface area contributed by atoms with Gasteiger partial charge in [-0.15, -0.1) is 0 Å². The van der Waals surface area contributed by atoms with Gasteiger partial charge < -0.3 is 4.40 Å². The Morgan fingerprint density at radius 1 is 1.00 bits per heavy atom. The summed E-state index contributed by atoms with van der Waals surface area (Å²) in [7, 11) is 0. The predicted molar refractivity (Wildman–Crippen MR) is 113 cm³/mol. The second-order valence-corrected chi connectivity index (χ2v) is 8.16. The largest absolute Gasteiger partial charge is 0.310 e. The fraction of sp³-hybridized carbons (Fsp3) is 0.217. The highest BCUT2D eigenvalue weighted by Gasteiger charge is 2.16. The molecule has 0 unspecified atom stereocenters. The third kappa shape index (κ3) is 2.94. The molecule has 1 amide bonds. The number of benzene rings is 2. The van der Waals surface area contributed by atoms with Crippen molar-refractivity contribution in [3.8, 4) is 11.3 Å². The van der Waals surface area contributed by atoms with Gasteiger partial charge in [-0.1, -0.05) is 45.0 Å². The molecule has 0 radical (unpaired) electrons. The van der Waals surface area contributed by atoms with Crippen molar-refractivity contribution < 1.29 is 4.79 Å². The number of nitrogens with two attached hydrogens (primary N) is 1. The van der Waals surface area contributed by atoms with E-state index in [2.05, 4.69) is 73.9 Å². The van der Waals surface area contributed by atoms with Gasteiger partial charge in [-0.3, -0.25) is 10.2 Å². The molecular formula is C23H24N4O. The minimum Gasteiger partial charge on any atom is -0.310 e. The third-order valence-electron chi connectivity index (χ3n) is 5.18. The van der Waals surface area contributed by atoms with E-state index < -0.39 is 0 Å². The van der Waals surface area contributed by atoms with Gasteiger partial charge in [0.1, 0.15) is 0 Å². The van der Waals surface area contributed by atoms with E-state index in [0.29, 0.717) is 5.56 Å². The molecule has 0 saturated carbocycles. The molecule has 0 saturated heterocycles. The quantitative estimate of drug-likeness (QED) is 0.312. The van der Waals surface area contributed by atoms with Crippen LogP contribution in [-0.2, 0) is 5.41 Å². The van der Waals surface area contributed by atoms with Crippen LogP contribution in [0.5, 0.6) is 0 Å². The van der Waals surface area contributed by atoms with Gasteiger partial charge >= 0.3 is 0 Å². The lowest BCUT2D eigenvalue weighted by molar-refractivity contribution is 0.0954. The van der Waals surface area contributed by atoms with E-state index in [0.717, 1.165) is 33.5 Å². The van der Waals surface area contributed by atoms with E-state index >= 15 is 0 Å². The van der Waals surface area contributed by atoms with Crippen molar-refractivity contribution >= 4 is 22.5 Å². The van der Waals surface area contributed by atoms with Gasteiger partial charge in [-0.05, 0) is 48.2 Å². The van der Waals surface area contributed by atoms with Crippen molar-refractivity contribution in [2.45, 2.75) is 33.1 Å². The van der Waals surface area contributed by atoms with Crippen LogP contribution in [0.2, 0.25) is 0 Å². The number of nitrogens with one attached hydrogen (secondary N) is 1. The zero-order valence-corrected chi connectivity index (χ0v) is 16.6. The van der Waals surface area contributed by atoms with Crippen molar-refractivity contribution in [2.24, 2.45) is 5.84 Å². The maximum absolute atomic E-state index is 12.0. The highest BCUT2D eigenvalue weighted by Crippen LogP contribution is 2.31. The number of nitrogens with zero attached hydrogens (tertiary/aromatic N) is 2. The molecule has 2 aromatic heterocycles. The van der Waals surface area contributed by atoms with E-state index in [-0.39, 0.29) is 11.3 Å². The number of amides is 1. The first-order valence-electron chi connectivity index (χ1n) is 9.33. The Kier molecular flexibility index (Phi) is 4.20. The molecule has 5 heteroatoms. The molecule has 5 nitrogen and oxygen atoms in total. The lowest BCUT2D eigenvalue weighted by Crippen LogP contribution is -2.29. The Bertz CT molecular complexity index is 1200. The average Bonchev–Trinajstić information content (AvgIpc) is 3.07.